The number of amides is 2. The molecule has 1 rings (SSSR count). The van der Waals surface area contributed by atoms with Crippen LogP contribution in [0.25, 0.3) is 0 Å². The largest absolute Gasteiger partial charge is 0.480 e. The van der Waals surface area contributed by atoms with Gasteiger partial charge in [-0.15, -0.1) is 0 Å². The van der Waals surface area contributed by atoms with E-state index in [4.69, 9.17) is 9.84 Å². The average molecular weight is 300 g/mol. The molecule has 1 saturated carbocycles. The van der Waals surface area contributed by atoms with Crippen LogP contribution in [0.3, 0.4) is 0 Å². The molecule has 0 radical (unpaired) electrons. The second-order valence-electron chi connectivity index (χ2n) is 5.63. The van der Waals surface area contributed by atoms with Crippen molar-refractivity contribution in [3.8, 4) is 0 Å². The summed E-state index contributed by atoms with van der Waals surface area (Å²) in [4.78, 5) is 36.3. The Labute approximate surface area is 124 Å². The quantitative estimate of drug-likeness (QED) is 0.657. The normalized spacial score (nSPS) is 15.4. The maximum atomic E-state index is 12.2. The van der Waals surface area contributed by atoms with E-state index in [9.17, 15) is 14.4 Å². The number of nitrogens with one attached hydrogen (secondary N) is 1. The number of carboxylic acids is 1. The maximum Gasteiger partial charge on any atom is 0.326 e. The van der Waals surface area contributed by atoms with Crippen LogP contribution >= 0.6 is 0 Å². The molecular weight excluding hydrogens is 276 g/mol. The number of carbonyl (C=O) groups is 3. The van der Waals surface area contributed by atoms with E-state index in [-0.39, 0.29) is 25.1 Å². The molecule has 1 atom stereocenters. The van der Waals surface area contributed by atoms with Gasteiger partial charge in [0.1, 0.15) is 12.6 Å². The Bertz CT molecular complexity index is 393. The molecule has 7 heteroatoms. The fourth-order valence-corrected chi connectivity index (χ4v) is 2.02. The Hall–Kier alpha value is -1.79. The number of hydrogen-bond acceptors (Lipinski definition) is 4. The standard InChI is InChI=1S/C14H24N2O5/c1-4-21-12(17)8-16(10-5-6-10)14(20)15-11(13(18)19)7-9(2)3/h9-11H,4-8H2,1-3H3,(H,15,20)(H,18,19)/t11-/m0/s1. The molecule has 7 nitrogen and oxygen atoms in total. The number of carbonyl (C=O) groups excluding carboxylic acids is 2. The van der Waals surface area contributed by atoms with Gasteiger partial charge in [0.2, 0.25) is 0 Å². The summed E-state index contributed by atoms with van der Waals surface area (Å²) in [5.41, 5.74) is 0. The van der Waals surface area contributed by atoms with Crippen LogP contribution in [0.4, 0.5) is 4.79 Å². The topological polar surface area (TPSA) is 95.9 Å². The average Bonchev–Trinajstić information content (AvgIpc) is 3.18. The summed E-state index contributed by atoms with van der Waals surface area (Å²) in [6, 6.07) is -1.46. The van der Waals surface area contributed by atoms with Gasteiger partial charge in [-0.3, -0.25) is 4.79 Å². The van der Waals surface area contributed by atoms with Gasteiger partial charge in [0, 0.05) is 6.04 Å². The molecule has 0 aromatic rings. The van der Waals surface area contributed by atoms with Gasteiger partial charge in [-0.25, -0.2) is 9.59 Å². The van der Waals surface area contributed by atoms with Crippen LogP contribution in [0.2, 0.25) is 0 Å². The summed E-state index contributed by atoms with van der Waals surface area (Å²) in [6.45, 7) is 5.59. The van der Waals surface area contributed by atoms with Gasteiger partial charge in [-0.1, -0.05) is 13.8 Å². The fourth-order valence-electron chi connectivity index (χ4n) is 2.02. The molecule has 0 aromatic heterocycles. The van der Waals surface area contributed by atoms with Gasteiger partial charge in [0.15, 0.2) is 0 Å². The number of ether oxygens (including phenoxy) is 1. The molecular formula is C14H24N2O5. The summed E-state index contributed by atoms with van der Waals surface area (Å²) < 4.78 is 4.84. The molecule has 0 heterocycles. The van der Waals surface area contributed by atoms with Crippen LogP contribution < -0.4 is 5.32 Å². The summed E-state index contributed by atoms with van der Waals surface area (Å²) in [5.74, 6) is -1.40. The van der Waals surface area contributed by atoms with Crippen molar-refractivity contribution in [1.29, 1.82) is 0 Å². The minimum atomic E-state index is -1.07. The van der Waals surface area contributed by atoms with E-state index in [1.807, 2.05) is 13.8 Å². The van der Waals surface area contributed by atoms with E-state index < -0.39 is 24.0 Å². The van der Waals surface area contributed by atoms with Crippen LogP contribution in [0.1, 0.15) is 40.0 Å². The first-order chi connectivity index (χ1) is 9.85. The second kappa shape index (κ2) is 7.85. The van der Waals surface area contributed by atoms with Crippen LogP contribution in [-0.4, -0.2) is 53.2 Å². The first-order valence-corrected chi connectivity index (χ1v) is 7.30. The van der Waals surface area contributed by atoms with Gasteiger partial charge >= 0.3 is 18.0 Å². The molecule has 1 fully saturated rings. The highest BCUT2D eigenvalue weighted by molar-refractivity contribution is 5.85. The summed E-state index contributed by atoms with van der Waals surface area (Å²) in [7, 11) is 0. The van der Waals surface area contributed by atoms with E-state index in [1.54, 1.807) is 6.92 Å². The van der Waals surface area contributed by atoms with Crippen molar-refractivity contribution in [2.45, 2.75) is 52.1 Å². The predicted molar refractivity (Wildman–Crippen MR) is 75.8 cm³/mol. The zero-order valence-electron chi connectivity index (χ0n) is 12.8. The second-order valence-corrected chi connectivity index (χ2v) is 5.63. The SMILES string of the molecule is CCOC(=O)CN(C(=O)N[C@@H](CC(C)C)C(=O)O)C1CC1. The van der Waals surface area contributed by atoms with E-state index in [1.165, 1.54) is 4.90 Å². The molecule has 0 saturated heterocycles. The highest BCUT2D eigenvalue weighted by Crippen LogP contribution is 2.26. The molecule has 21 heavy (non-hydrogen) atoms. The van der Waals surface area contributed by atoms with Gasteiger partial charge in [-0.2, -0.15) is 0 Å². The number of hydrogen-bond donors (Lipinski definition) is 2. The Morgan fingerprint density at radius 2 is 1.95 bits per heavy atom. The van der Waals surface area contributed by atoms with Crippen molar-refractivity contribution in [2.24, 2.45) is 5.92 Å². The number of carboxylic acid groups (broad SMARTS) is 1. The molecule has 2 N–H and O–H groups in total. The van der Waals surface area contributed by atoms with Crippen molar-refractivity contribution >= 4 is 18.0 Å². The van der Waals surface area contributed by atoms with Gasteiger partial charge < -0.3 is 20.1 Å². The van der Waals surface area contributed by atoms with Gasteiger partial charge in [0.25, 0.3) is 0 Å². The van der Waals surface area contributed by atoms with E-state index >= 15 is 0 Å². The molecule has 0 aromatic carbocycles. The smallest absolute Gasteiger partial charge is 0.326 e. The number of nitrogens with zero attached hydrogens (tertiary/aromatic N) is 1. The van der Waals surface area contributed by atoms with Crippen LogP contribution in [0.15, 0.2) is 0 Å². The van der Waals surface area contributed by atoms with Crippen molar-refractivity contribution in [1.82, 2.24) is 10.2 Å². The van der Waals surface area contributed by atoms with Crippen molar-refractivity contribution in [2.75, 3.05) is 13.2 Å². The van der Waals surface area contributed by atoms with E-state index in [0.29, 0.717) is 6.42 Å². The summed E-state index contributed by atoms with van der Waals surface area (Å²) >= 11 is 0. The monoisotopic (exact) mass is 300 g/mol. The third kappa shape index (κ3) is 6.01. The summed E-state index contributed by atoms with van der Waals surface area (Å²) in [5, 5.41) is 11.6. The third-order valence-electron chi connectivity index (χ3n) is 3.16. The lowest BCUT2D eigenvalue weighted by atomic mass is 10.0. The zero-order valence-corrected chi connectivity index (χ0v) is 12.8. The molecule has 0 aliphatic heterocycles. The predicted octanol–water partition coefficient (Wildman–Crippen LogP) is 1.22. The first kappa shape index (κ1) is 17.3. The molecule has 1 aliphatic carbocycles. The number of esters is 1. The molecule has 2 amide bonds. The molecule has 0 bridgehead atoms. The Morgan fingerprint density at radius 1 is 1.33 bits per heavy atom. The van der Waals surface area contributed by atoms with Crippen molar-refractivity contribution < 1.29 is 24.2 Å². The summed E-state index contributed by atoms with van der Waals surface area (Å²) in [6.07, 6.45) is 2.00. The van der Waals surface area contributed by atoms with Crippen molar-refractivity contribution in [3.05, 3.63) is 0 Å². The first-order valence-electron chi connectivity index (χ1n) is 7.30. The lowest BCUT2D eigenvalue weighted by Gasteiger charge is -2.24. The van der Waals surface area contributed by atoms with Crippen LogP contribution in [0, 0.1) is 5.92 Å². The molecule has 0 unspecified atom stereocenters. The highest BCUT2D eigenvalue weighted by atomic mass is 16.5. The Kier molecular flexibility index (Phi) is 6.45. The van der Waals surface area contributed by atoms with Gasteiger partial charge in [-0.05, 0) is 32.1 Å². The lowest BCUT2D eigenvalue weighted by Crippen LogP contribution is -2.50. The Balaban J connectivity index is 2.63. The number of rotatable bonds is 8. The van der Waals surface area contributed by atoms with Gasteiger partial charge in [0.05, 0.1) is 6.61 Å². The fraction of sp³-hybridized carbons (Fsp3) is 0.786. The lowest BCUT2D eigenvalue weighted by molar-refractivity contribution is -0.143. The van der Waals surface area contributed by atoms with Crippen LogP contribution in [-0.2, 0) is 14.3 Å². The number of aliphatic carboxylic acids is 1. The van der Waals surface area contributed by atoms with E-state index in [2.05, 4.69) is 5.32 Å². The van der Waals surface area contributed by atoms with Crippen molar-refractivity contribution in [3.63, 3.8) is 0 Å². The third-order valence-corrected chi connectivity index (χ3v) is 3.16. The maximum absolute atomic E-state index is 12.2. The van der Waals surface area contributed by atoms with E-state index in [0.717, 1.165) is 12.8 Å². The zero-order chi connectivity index (χ0) is 16.0. The minimum absolute atomic E-state index is 0.00269. The molecule has 120 valence electrons. The highest BCUT2D eigenvalue weighted by Gasteiger charge is 2.35. The van der Waals surface area contributed by atoms with Crippen LogP contribution in [0.5, 0.6) is 0 Å². The molecule has 1 aliphatic rings. The minimum Gasteiger partial charge on any atom is -0.480 e. The molecule has 0 spiro atoms. The Morgan fingerprint density at radius 3 is 2.38 bits per heavy atom. The number of urea groups is 1.